The van der Waals surface area contributed by atoms with Crippen molar-refractivity contribution in [1.29, 1.82) is 0 Å². The van der Waals surface area contributed by atoms with Gasteiger partial charge in [0.05, 0.1) is 0 Å². The van der Waals surface area contributed by atoms with Crippen molar-refractivity contribution in [2.24, 2.45) is 0 Å². The predicted molar refractivity (Wildman–Crippen MR) is 87.3 cm³/mol. The second-order valence-electron chi connectivity index (χ2n) is 5.68. The van der Waals surface area contributed by atoms with Crippen molar-refractivity contribution < 1.29 is 14.3 Å². The first-order valence-corrected chi connectivity index (χ1v) is 9.73. The van der Waals surface area contributed by atoms with Gasteiger partial charge >= 0.3 is 140 Å². The average Bonchev–Trinajstić information content (AvgIpc) is 2.33. The Kier molecular flexibility index (Phi) is 6.82. The maximum atomic E-state index is 13.7. The average molecular weight is 423 g/mol. The Morgan fingerprint density at radius 3 is 2.71 bits per heavy atom. The number of aromatic nitrogens is 1. The van der Waals surface area contributed by atoms with Crippen LogP contribution in [0.4, 0.5) is 4.39 Å². The molecule has 21 heavy (non-hydrogen) atoms. The van der Waals surface area contributed by atoms with Gasteiger partial charge in [0.1, 0.15) is 0 Å². The molecule has 0 bridgehead atoms. The molecule has 1 rings (SSSR count). The van der Waals surface area contributed by atoms with Gasteiger partial charge in [-0.15, -0.1) is 0 Å². The molecule has 2 N–H and O–H groups in total. The van der Waals surface area contributed by atoms with Crippen LogP contribution in [0.2, 0.25) is 4.71 Å². The zero-order valence-corrected chi connectivity index (χ0v) is 16.3. The fourth-order valence-corrected chi connectivity index (χ4v) is 4.81. The van der Waals surface area contributed by atoms with Crippen LogP contribution in [0.1, 0.15) is 38.1 Å². The first kappa shape index (κ1) is 18.6. The number of rotatable bonds is 6. The van der Waals surface area contributed by atoms with Crippen molar-refractivity contribution >= 4 is 41.9 Å². The van der Waals surface area contributed by atoms with Gasteiger partial charge in [-0.3, -0.25) is 0 Å². The number of hydrogen-bond donors (Lipinski definition) is 2. The van der Waals surface area contributed by atoms with Crippen LogP contribution >= 0.6 is 15.9 Å². The van der Waals surface area contributed by atoms with Crippen molar-refractivity contribution in [3.05, 3.63) is 22.4 Å². The Morgan fingerprint density at radius 2 is 2.19 bits per heavy atom. The van der Waals surface area contributed by atoms with Gasteiger partial charge in [-0.05, 0) is 0 Å². The van der Waals surface area contributed by atoms with E-state index < -0.39 is 27.5 Å². The van der Waals surface area contributed by atoms with Gasteiger partial charge in [-0.25, -0.2) is 0 Å². The summed E-state index contributed by atoms with van der Waals surface area (Å²) in [7, 11) is 0. The third-order valence-corrected chi connectivity index (χ3v) is 5.93. The first-order chi connectivity index (χ1) is 9.61. The van der Waals surface area contributed by atoms with E-state index in [0.29, 0.717) is 14.9 Å². The second kappa shape index (κ2) is 7.70. The third-order valence-electron chi connectivity index (χ3n) is 2.77. The van der Waals surface area contributed by atoms with E-state index in [1.165, 1.54) is 20.0 Å². The van der Waals surface area contributed by atoms with E-state index in [9.17, 15) is 14.3 Å². The molecule has 0 saturated heterocycles. The molecule has 0 spiro atoms. The van der Waals surface area contributed by atoms with Crippen LogP contribution in [0.5, 0.6) is 0 Å². The number of alkyl halides is 1. The molecule has 1 amide bonds. The van der Waals surface area contributed by atoms with Gasteiger partial charge < -0.3 is 0 Å². The fraction of sp³-hybridized carbons (Fsp3) is 0.571. The summed E-state index contributed by atoms with van der Waals surface area (Å²) in [5, 5.41) is 12.1. The number of amides is 1. The summed E-state index contributed by atoms with van der Waals surface area (Å²) < 4.78 is 15.9. The number of halogens is 2. The van der Waals surface area contributed by atoms with Crippen molar-refractivity contribution in [2.75, 3.05) is 6.54 Å². The van der Waals surface area contributed by atoms with Crippen LogP contribution < -0.4 is 9.67 Å². The molecule has 118 valence electrons. The Balaban J connectivity index is 2.82. The van der Waals surface area contributed by atoms with Gasteiger partial charge in [0.25, 0.3) is 0 Å². The summed E-state index contributed by atoms with van der Waals surface area (Å²) in [4.78, 5) is 16.3. The molecular weight excluding hydrogens is 402 g/mol. The monoisotopic (exact) mass is 422 g/mol. The Bertz CT molecular complexity index is 506. The van der Waals surface area contributed by atoms with E-state index in [1.54, 1.807) is 0 Å². The van der Waals surface area contributed by atoms with Crippen LogP contribution in [0.3, 0.4) is 0 Å². The van der Waals surface area contributed by atoms with E-state index in [0.717, 1.165) is 4.35 Å². The van der Waals surface area contributed by atoms with Crippen LogP contribution in [-0.4, -0.2) is 50.1 Å². The number of aliphatic hydroxyl groups is 1. The summed E-state index contributed by atoms with van der Waals surface area (Å²) in [6, 6.07) is 1.86. The van der Waals surface area contributed by atoms with Gasteiger partial charge in [0.2, 0.25) is 0 Å². The molecule has 1 aromatic heterocycles. The number of nitrogens with one attached hydrogen (secondary N) is 1. The molecule has 1 heterocycles. The van der Waals surface area contributed by atoms with Gasteiger partial charge in [-0.2, -0.15) is 0 Å². The molecule has 0 radical (unpaired) electrons. The molecule has 1 aromatic rings. The van der Waals surface area contributed by atoms with Gasteiger partial charge in [0.15, 0.2) is 0 Å². The Hall–Kier alpha value is -0.452. The molecule has 4 nitrogen and oxygen atoms in total. The number of pyridine rings is 1. The molecular formula is C14H21AsBrFN2O2. The molecule has 7 heteroatoms. The van der Waals surface area contributed by atoms with Gasteiger partial charge in [0, 0.05) is 0 Å². The molecule has 0 aliphatic heterocycles. The van der Waals surface area contributed by atoms with E-state index in [-0.39, 0.29) is 12.5 Å². The van der Waals surface area contributed by atoms with E-state index in [2.05, 4.69) is 40.1 Å². The summed E-state index contributed by atoms with van der Waals surface area (Å²) in [5.74, 6) is -0.346. The SMILES string of the molecule is CC(C)[AsH]c1cc(Br)ncc1C(=O)NCC(F)C(C)(C)O. The molecule has 2 unspecified atom stereocenters. The van der Waals surface area contributed by atoms with E-state index in [4.69, 9.17) is 0 Å². The molecule has 0 saturated carbocycles. The summed E-state index contributed by atoms with van der Waals surface area (Å²) in [5.41, 5.74) is -0.977. The fourth-order valence-electron chi connectivity index (χ4n) is 1.57. The van der Waals surface area contributed by atoms with Crippen molar-refractivity contribution in [2.45, 2.75) is 44.2 Å². The van der Waals surface area contributed by atoms with Crippen molar-refractivity contribution in [3.63, 3.8) is 0 Å². The third kappa shape index (κ3) is 6.05. The summed E-state index contributed by atoms with van der Waals surface area (Å²) >= 11 is 2.83. The molecule has 0 aliphatic rings. The zero-order chi connectivity index (χ0) is 16.2. The topological polar surface area (TPSA) is 62.2 Å². The number of carbonyl (C=O) groups excluding carboxylic acids is 1. The first-order valence-electron chi connectivity index (χ1n) is 6.68. The molecule has 2 atom stereocenters. The second-order valence-corrected chi connectivity index (χ2v) is 10.7. The van der Waals surface area contributed by atoms with E-state index >= 15 is 0 Å². The molecule has 0 fully saturated rings. The van der Waals surface area contributed by atoms with E-state index in [1.807, 2.05) is 6.07 Å². The predicted octanol–water partition coefficient (Wildman–Crippen LogP) is 1.57. The van der Waals surface area contributed by atoms with Crippen molar-refractivity contribution in [1.82, 2.24) is 10.3 Å². The molecule has 0 aromatic carbocycles. The summed E-state index contributed by atoms with van der Waals surface area (Å²) in [6.07, 6.45) is -0.00719. The zero-order valence-electron chi connectivity index (χ0n) is 12.6. The van der Waals surface area contributed by atoms with Crippen LogP contribution in [0, 0.1) is 0 Å². The minimum atomic E-state index is -1.52. The number of nitrogens with zero attached hydrogens (tertiary/aromatic N) is 1. The standard InChI is InChI=1S/C14H21AsBrFN2O2/c1-8(2)15-10-5-12(16)18-6-9(10)13(20)19-7-11(17)14(3,4)21/h5-6,8,11,15,21H,7H2,1-4H3,(H,19,20). The van der Waals surface area contributed by atoms with Gasteiger partial charge in [-0.1, -0.05) is 0 Å². The minimum absolute atomic E-state index is 0.223. The Labute approximate surface area is 139 Å². The van der Waals surface area contributed by atoms with Crippen LogP contribution in [0.15, 0.2) is 16.9 Å². The number of hydrogen-bond acceptors (Lipinski definition) is 3. The Morgan fingerprint density at radius 1 is 1.57 bits per heavy atom. The van der Waals surface area contributed by atoms with Crippen molar-refractivity contribution in [3.8, 4) is 0 Å². The normalized spacial score (nSPS) is 13.9. The quantitative estimate of drug-likeness (QED) is 0.540. The van der Waals surface area contributed by atoms with Crippen LogP contribution in [-0.2, 0) is 0 Å². The summed E-state index contributed by atoms with van der Waals surface area (Å²) in [6.45, 7) is 6.76. The number of carbonyl (C=O) groups is 1. The van der Waals surface area contributed by atoms with Crippen LogP contribution in [0.25, 0.3) is 0 Å². The molecule has 0 aliphatic carbocycles. The maximum absolute atomic E-state index is 13.7.